The molecule has 2 aromatic carbocycles. The van der Waals surface area contributed by atoms with Gasteiger partial charge in [0.25, 0.3) is 0 Å². The molecule has 0 fully saturated rings. The van der Waals surface area contributed by atoms with Gasteiger partial charge in [0.2, 0.25) is 0 Å². The normalized spacial score (nSPS) is 14.6. The van der Waals surface area contributed by atoms with E-state index in [1.54, 1.807) is 29.2 Å². The van der Waals surface area contributed by atoms with Gasteiger partial charge in [-0.2, -0.15) is 13.2 Å². The minimum Gasteiger partial charge on any atom is -0.440 e. The highest BCUT2D eigenvalue weighted by atomic mass is 19.4. The number of hydrogen-bond donors (Lipinski definition) is 0. The second-order valence-electron chi connectivity index (χ2n) is 4.55. The Labute approximate surface area is 118 Å². The molecule has 3 nitrogen and oxygen atoms in total. The Morgan fingerprint density at radius 3 is 2.43 bits per heavy atom. The average Bonchev–Trinajstić information content (AvgIpc) is 2.47. The second kappa shape index (κ2) is 4.80. The molecule has 2 aromatic rings. The van der Waals surface area contributed by atoms with Crippen molar-refractivity contribution in [3.63, 3.8) is 0 Å². The fraction of sp³-hybridized carbons (Fsp3) is 0.133. The number of carbonyl (C=O) groups excluding carboxylic acids is 1. The number of hydrogen-bond acceptors (Lipinski definition) is 3. The van der Waals surface area contributed by atoms with E-state index in [-0.39, 0.29) is 12.3 Å². The van der Waals surface area contributed by atoms with Crippen LogP contribution in [-0.4, -0.2) is 12.7 Å². The predicted octanol–water partition coefficient (Wildman–Crippen LogP) is 3.97. The van der Waals surface area contributed by atoms with Gasteiger partial charge in [-0.25, -0.2) is 4.79 Å². The van der Waals surface area contributed by atoms with Crippen LogP contribution in [0.5, 0.6) is 0 Å². The Hall–Kier alpha value is -2.50. The molecule has 1 aliphatic rings. The van der Waals surface area contributed by atoms with E-state index in [0.717, 1.165) is 17.8 Å². The number of benzene rings is 2. The molecule has 21 heavy (non-hydrogen) atoms. The first-order chi connectivity index (χ1) is 9.97. The molecular formula is C15H10F3NO2. The third-order valence-corrected chi connectivity index (χ3v) is 3.23. The summed E-state index contributed by atoms with van der Waals surface area (Å²) in [6, 6.07) is 12.1. The van der Waals surface area contributed by atoms with Crippen molar-refractivity contribution in [2.45, 2.75) is 6.18 Å². The van der Waals surface area contributed by atoms with E-state index in [0.29, 0.717) is 5.69 Å². The van der Waals surface area contributed by atoms with Crippen molar-refractivity contribution in [3.05, 3.63) is 59.7 Å². The van der Waals surface area contributed by atoms with Gasteiger partial charge in [-0.15, -0.1) is 0 Å². The van der Waals surface area contributed by atoms with Crippen molar-refractivity contribution in [3.8, 4) is 0 Å². The van der Waals surface area contributed by atoms with Gasteiger partial charge < -0.3 is 9.64 Å². The lowest BCUT2D eigenvalue weighted by Crippen LogP contribution is -2.30. The highest BCUT2D eigenvalue weighted by Crippen LogP contribution is 2.37. The van der Waals surface area contributed by atoms with E-state index < -0.39 is 17.7 Å². The average molecular weight is 293 g/mol. The largest absolute Gasteiger partial charge is 0.440 e. The van der Waals surface area contributed by atoms with E-state index >= 15 is 0 Å². The molecule has 0 amide bonds. The van der Waals surface area contributed by atoms with E-state index in [9.17, 15) is 18.0 Å². The summed E-state index contributed by atoms with van der Waals surface area (Å²) in [7, 11) is 0. The number of para-hydroxylation sites is 1. The van der Waals surface area contributed by atoms with E-state index in [2.05, 4.69) is 0 Å². The highest BCUT2D eigenvalue weighted by molar-refractivity contribution is 5.99. The lowest BCUT2D eigenvalue weighted by molar-refractivity contribution is -0.137. The Balaban J connectivity index is 2.09. The molecular weight excluding hydrogens is 283 g/mol. The molecule has 1 heterocycles. The second-order valence-corrected chi connectivity index (χ2v) is 4.55. The van der Waals surface area contributed by atoms with Gasteiger partial charge in [-0.05, 0) is 30.3 Å². The SMILES string of the molecule is O=C1OCN(c2ccccc2)c2ccc(C(F)(F)F)cc21. The van der Waals surface area contributed by atoms with Crippen LogP contribution in [-0.2, 0) is 10.9 Å². The number of nitrogens with zero attached hydrogens (tertiary/aromatic N) is 1. The zero-order chi connectivity index (χ0) is 15.0. The molecule has 0 spiro atoms. The molecule has 0 unspecified atom stereocenters. The smallest absolute Gasteiger partial charge is 0.416 e. The lowest BCUT2D eigenvalue weighted by atomic mass is 10.1. The Morgan fingerprint density at radius 2 is 1.76 bits per heavy atom. The van der Waals surface area contributed by atoms with Crippen LogP contribution in [0.1, 0.15) is 15.9 Å². The first kappa shape index (κ1) is 13.5. The minimum absolute atomic E-state index is 0.0266. The zero-order valence-corrected chi connectivity index (χ0v) is 10.7. The summed E-state index contributed by atoms with van der Waals surface area (Å²) in [6.45, 7) is -0.0266. The molecule has 0 radical (unpaired) electrons. The van der Waals surface area contributed by atoms with Crippen molar-refractivity contribution < 1.29 is 22.7 Å². The summed E-state index contributed by atoms with van der Waals surface area (Å²) in [6.07, 6.45) is -4.50. The first-order valence-electron chi connectivity index (χ1n) is 6.18. The molecule has 0 aromatic heterocycles. The molecule has 3 rings (SSSR count). The monoisotopic (exact) mass is 293 g/mol. The van der Waals surface area contributed by atoms with Crippen LogP contribution < -0.4 is 4.90 Å². The van der Waals surface area contributed by atoms with Gasteiger partial charge in [0.05, 0.1) is 16.8 Å². The molecule has 108 valence electrons. The fourth-order valence-electron chi connectivity index (χ4n) is 2.20. The molecule has 0 bridgehead atoms. The standard InChI is InChI=1S/C15H10F3NO2/c16-15(17,18)10-6-7-13-12(8-10)14(20)21-9-19(13)11-4-2-1-3-5-11/h1-8H,9H2. The molecule has 0 saturated heterocycles. The quantitative estimate of drug-likeness (QED) is 0.745. The maximum atomic E-state index is 12.7. The van der Waals surface area contributed by atoms with Gasteiger partial charge >= 0.3 is 12.1 Å². The first-order valence-corrected chi connectivity index (χ1v) is 6.18. The van der Waals surface area contributed by atoms with Crippen LogP contribution in [0.25, 0.3) is 0 Å². The number of cyclic esters (lactones) is 1. The minimum atomic E-state index is -4.50. The number of esters is 1. The van der Waals surface area contributed by atoms with Crippen LogP contribution in [0, 0.1) is 0 Å². The topological polar surface area (TPSA) is 29.5 Å². The van der Waals surface area contributed by atoms with Crippen molar-refractivity contribution in [2.24, 2.45) is 0 Å². The summed E-state index contributed by atoms with van der Waals surface area (Å²) >= 11 is 0. The van der Waals surface area contributed by atoms with Crippen molar-refractivity contribution in [1.82, 2.24) is 0 Å². The number of carbonyl (C=O) groups is 1. The Kier molecular flexibility index (Phi) is 3.08. The van der Waals surface area contributed by atoms with Gasteiger partial charge in [0.1, 0.15) is 0 Å². The summed E-state index contributed by atoms with van der Waals surface area (Å²) in [5.41, 5.74) is 0.199. The number of halogens is 3. The summed E-state index contributed by atoms with van der Waals surface area (Å²) in [4.78, 5) is 13.4. The number of anilines is 2. The molecule has 1 aliphatic heterocycles. The third kappa shape index (κ3) is 2.44. The van der Waals surface area contributed by atoms with Crippen LogP contribution in [0.3, 0.4) is 0 Å². The van der Waals surface area contributed by atoms with E-state index in [4.69, 9.17) is 4.74 Å². The summed E-state index contributed by atoms with van der Waals surface area (Å²) in [5.74, 6) is -0.747. The predicted molar refractivity (Wildman–Crippen MR) is 70.3 cm³/mol. The van der Waals surface area contributed by atoms with Crippen LogP contribution in [0.4, 0.5) is 24.5 Å². The van der Waals surface area contributed by atoms with Crippen molar-refractivity contribution in [2.75, 3.05) is 11.6 Å². The zero-order valence-electron chi connectivity index (χ0n) is 10.7. The van der Waals surface area contributed by atoms with Crippen LogP contribution in [0.15, 0.2) is 48.5 Å². The van der Waals surface area contributed by atoms with Gasteiger partial charge in [0.15, 0.2) is 6.73 Å². The van der Waals surface area contributed by atoms with Gasteiger partial charge in [-0.3, -0.25) is 0 Å². The maximum absolute atomic E-state index is 12.7. The molecule has 0 saturated carbocycles. The Morgan fingerprint density at radius 1 is 1.05 bits per heavy atom. The van der Waals surface area contributed by atoms with Gasteiger partial charge in [-0.1, -0.05) is 18.2 Å². The lowest BCUT2D eigenvalue weighted by Gasteiger charge is -2.30. The van der Waals surface area contributed by atoms with E-state index in [1.807, 2.05) is 6.07 Å². The Bertz CT molecular complexity index is 683. The van der Waals surface area contributed by atoms with Crippen molar-refractivity contribution >= 4 is 17.3 Å². The van der Waals surface area contributed by atoms with Crippen LogP contribution in [0.2, 0.25) is 0 Å². The summed E-state index contributed by atoms with van der Waals surface area (Å²) in [5, 5.41) is 0. The summed E-state index contributed by atoms with van der Waals surface area (Å²) < 4.78 is 43.2. The van der Waals surface area contributed by atoms with Crippen molar-refractivity contribution in [1.29, 1.82) is 0 Å². The highest BCUT2D eigenvalue weighted by Gasteiger charge is 2.34. The van der Waals surface area contributed by atoms with E-state index in [1.165, 1.54) is 6.07 Å². The maximum Gasteiger partial charge on any atom is 0.416 e. The molecule has 0 atom stereocenters. The number of alkyl halides is 3. The number of ether oxygens (including phenoxy) is 1. The third-order valence-electron chi connectivity index (χ3n) is 3.23. The number of rotatable bonds is 1. The number of fused-ring (bicyclic) bond motifs is 1. The molecule has 6 heteroatoms. The molecule has 0 N–H and O–H groups in total. The van der Waals surface area contributed by atoms with Gasteiger partial charge in [0, 0.05) is 5.69 Å². The fourth-order valence-corrected chi connectivity index (χ4v) is 2.20. The molecule has 0 aliphatic carbocycles. The van der Waals surface area contributed by atoms with Crippen LogP contribution >= 0.6 is 0 Å².